The van der Waals surface area contributed by atoms with Gasteiger partial charge in [0.1, 0.15) is 0 Å². The zero-order chi connectivity index (χ0) is 23.5. The molecule has 1 heterocycles. The van der Waals surface area contributed by atoms with Crippen LogP contribution in [0.4, 0.5) is 26.3 Å². The van der Waals surface area contributed by atoms with Crippen LogP contribution in [-0.4, -0.2) is 21.6 Å². The Labute approximate surface area is 176 Å². The molecule has 0 radical (unpaired) electrons. The highest BCUT2D eigenvalue weighted by atomic mass is 19.4. The minimum atomic E-state index is -5.13. The molecule has 6 nitrogen and oxygen atoms in total. The molecule has 2 aromatic carbocycles. The Morgan fingerprint density at radius 3 is 2.19 bits per heavy atom. The van der Waals surface area contributed by atoms with Crippen molar-refractivity contribution in [3.63, 3.8) is 0 Å². The van der Waals surface area contributed by atoms with Gasteiger partial charge in [-0.1, -0.05) is 36.4 Å². The van der Waals surface area contributed by atoms with Crippen molar-refractivity contribution in [2.75, 3.05) is 0 Å². The van der Waals surface area contributed by atoms with Crippen molar-refractivity contribution in [1.82, 2.24) is 20.6 Å². The normalized spacial score (nSPS) is 11.8. The second-order valence-corrected chi connectivity index (χ2v) is 6.53. The topological polar surface area (TPSA) is 76.0 Å². The summed E-state index contributed by atoms with van der Waals surface area (Å²) in [6.07, 6.45) is -9.51. The molecule has 0 fully saturated rings. The summed E-state index contributed by atoms with van der Waals surface area (Å²) in [5.74, 6) is -2.03. The third-order valence-corrected chi connectivity index (χ3v) is 4.22. The molecule has 0 aliphatic rings. The van der Waals surface area contributed by atoms with Crippen molar-refractivity contribution >= 4 is 11.8 Å². The quantitative estimate of drug-likeness (QED) is 0.462. The van der Waals surface area contributed by atoms with Gasteiger partial charge in [0.15, 0.2) is 5.69 Å². The number of amides is 2. The van der Waals surface area contributed by atoms with Crippen LogP contribution in [-0.2, 0) is 23.6 Å². The van der Waals surface area contributed by atoms with Crippen LogP contribution >= 0.6 is 0 Å². The Balaban J connectivity index is 1.84. The van der Waals surface area contributed by atoms with E-state index in [0.717, 1.165) is 12.1 Å². The summed E-state index contributed by atoms with van der Waals surface area (Å²) < 4.78 is 79.9. The Kier molecular flexibility index (Phi) is 6.23. The summed E-state index contributed by atoms with van der Waals surface area (Å²) in [6.45, 7) is 0. The zero-order valence-corrected chi connectivity index (χ0v) is 16.0. The summed E-state index contributed by atoms with van der Waals surface area (Å²) in [4.78, 5) is 24.2. The largest absolute Gasteiger partial charge is 0.434 e. The van der Waals surface area contributed by atoms with Crippen molar-refractivity contribution in [2.45, 2.75) is 18.8 Å². The van der Waals surface area contributed by atoms with E-state index in [-0.39, 0.29) is 11.1 Å². The van der Waals surface area contributed by atoms with Crippen LogP contribution in [0.15, 0.2) is 60.8 Å². The van der Waals surface area contributed by atoms with Crippen molar-refractivity contribution < 1.29 is 35.9 Å². The van der Waals surface area contributed by atoms with Crippen LogP contribution in [0.1, 0.15) is 27.2 Å². The molecule has 0 saturated heterocycles. The number of halogens is 6. The second kappa shape index (κ2) is 8.73. The Morgan fingerprint density at radius 2 is 1.56 bits per heavy atom. The first kappa shape index (κ1) is 22.8. The number of hydrogen-bond acceptors (Lipinski definition) is 3. The molecule has 0 bridgehead atoms. The maximum atomic E-state index is 13.7. The fraction of sp³-hybridized carbons (Fsp3) is 0.150. The van der Waals surface area contributed by atoms with Gasteiger partial charge in [-0.3, -0.25) is 20.4 Å². The molecule has 0 spiro atoms. The molecular formula is C20H14F6N4O2. The zero-order valence-electron chi connectivity index (χ0n) is 16.0. The average molecular weight is 456 g/mol. The summed E-state index contributed by atoms with van der Waals surface area (Å²) in [6, 6.07) is 11.4. The smallest absolute Gasteiger partial charge is 0.273 e. The van der Waals surface area contributed by atoms with Crippen LogP contribution in [0.25, 0.3) is 5.69 Å². The van der Waals surface area contributed by atoms with E-state index in [1.807, 2.05) is 10.9 Å². The fourth-order valence-electron chi connectivity index (χ4n) is 2.82. The summed E-state index contributed by atoms with van der Waals surface area (Å²) in [5, 5.41) is 3.45. The minimum Gasteiger partial charge on any atom is -0.273 e. The van der Waals surface area contributed by atoms with Gasteiger partial charge < -0.3 is 0 Å². The third kappa shape index (κ3) is 5.25. The van der Waals surface area contributed by atoms with Gasteiger partial charge in [0, 0.05) is 0 Å². The number of hydrogen-bond donors (Lipinski definition) is 2. The summed E-state index contributed by atoms with van der Waals surface area (Å²) in [7, 11) is 0. The highest BCUT2D eigenvalue weighted by molar-refractivity contribution is 5.96. The van der Waals surface area contributed by atoms with E-state index in [1.165, 1.54) is 0 Å². The molecular weight excluding hydrogens is 442 g/mol. The van der Waals surface area contributed by atoms with E-state index in [4.69, 9.17) is 0 Å². The monoisotopic (exact) mass is 456 g/mol. The van der Waals surface area contributed by atoms with Crippen LogP contribution < -0.4 is 10.9 Å². The van der Waals surface area contributed by atoms with Gasteiger partial charge in [-0.2, -0.15) is 31.4 Å². The molecule has 168 valence electrons. The van der Waals surface area contributed by atoms with Crippen LogP contribution in [0, 0.1) is 0 Å². The molecule has 12 heteroatoms. The Bertz CT molecular complexity index is 1120. The molecule has 1 aromatic heterocycles. The molecule has 0 unspecified atom stereocenters. The molecule has 32 heavy (non-hydrogen) atoms. The number of carbonyl (C=O) groups excluding carboxylic acids is 2. The summed E-state index contributed by atoms with van der Waals surface area (Å²) in [5.41, 5.74) is 0.166. The minimum absolute atomic E-state index is 0.142. The Hall–Kier alpha value is -3.83. The van der Waals surface area contributed by atoms with E-state index in [9.17, 15) is 35.9 Å². The van der Waals surface area contributed by atoms with Gasteiger partial charge in [-0.15, -0.1) is 0 Å². The number of rotatable bonds is 4. The first-order valence-corrected chi connectivity index (χ1v) is 8.93. The molecule has 3 rings (SSSR count). The van der Waals surface area contributed by atoms with Gasteiger partial charge in [0.05, 0.1) is 29.4 Å². The SMILES string of the molecule is O=C(Cc1ccccc1)NNC(=O)c1cnn(-c2cccc(C(F)(F)F)c2)c1C(F)(F)F. The van der Waals surface area contributed by atoms with E-state index >= 15 is 0 Å². The first-order chi connectivity index (χ1) is 15.0. The van der Waals surface area contributed by atoms with Gasteiger partial charge >= 0.3 is 12.4 Å². The molecule has 2 N–H and O–H groups in total. The summed E-state index contributed by atoms with van der Waals surface area (Å²) >= 11 is 0. The highest BCUT2D eigenvalue weighted by Crippen LogP contribution is 2.35. The van der Waals surface area contributed by atoms with Gasteiger partial charge in [-0.25, -0.2) is 4.68 Å². The second-order valence-electron chi connectivity index (χ2n) is 6.53. The highest BCUT2D eigenvalue weighted by Gasteiger charge is 2.41. The third-order valence-electron chi connectivity index (χ3n) is 4.22. The Morgan fingerprint density at radius 1 is 0.875 bits per heavy atom. The van der Waals surface area contributed by atoms with E-state index in [2.05, 4.69) is 5.10 Å². The number of alkyl halides is 6. The molecule has 2 amide bonds. The number of nitrogens with zero attached hydrogens (tertiary/aromatic N) is 2. The maximum Gasteiger partial charge on any atom is 0.434 e. The lowest BCUT2D eigenvalue weighted by atomic mass is 10.1. The maximum absolute atomic E-state index is 13.7. The number of nitrogens with one attached hydrogen (secondary N) is 2. The van der Waals surface area contributed by atoms with E-state index < -0.39 is 46.7 Å². The average Bonchev–Trinajstić information content (AvgIpc) is 3.18. The molecule has 0 atom stereocenters. The predicted octanol–water partition coefficient (Wildman–Crippen LogP) is 3.91. The molecule has 0 saturated carbocycles. The van der Waals surface area contributed by atoms with Crippen LogP contribution in [0.2, 0.25) is 0 Å². The standard InChI is InChI=1S/C20H14F6N4O2/c21-19(22,23)13-7-4-8-14(10-13)30-17(20(24,25)26)15(11-27-30)18(32)29-28-16(31)9-12-5-2-1-3-6-12/h1-8,10-11H,9H2,(H,28,31)(H,29,32). The predicted molar refractivity (Wildman–Crippen MR) is 99.3 cm³/mol. The van der Waals surface area contributed by atoms with E-state index in [0.29, 0.717) is 23.9 Å². The van der Waals surface area contributed by atoms with Crippen molar-refractivity contribution in [3.05, 3.63) is 83.2 Å². The lowest BCUT2D eigenvalue weighted by molar-refractivity contribution is -0.143. The van der Waals surface area contributed by atoms with Gasteiger partial charge in [-0.05, 0) is 23.8 Å². The van der Waals surface area contributed by atoms with Gasteiger partial charge in [0.25, 0.3) is 5.91 Å². The number of hydrazine groups is 1. The van der Waals surface area contributed by atoms with Crippen molar-refractivity contribution in [1.29, 1.82) is 0 Å². The van der Waals surface area contributed by atoms with Crippen molar-refractivity contribution in [3.8, 4) is 5.69 Å². The lowest BCUT2D eigenvalue weighted by Crippen LogP contribution is -2.42. The lowest BCUT2D eigenvalue weighted by Gasteiger charge is -2.14. The van der Waals surface area contributed by atoms with Crippen molar-refractivity contribution in [2.24, 2.45) is 0 Å². The molecule has 0 aliphatic heterocycles. The first-order valence-electron chi connectivity index (χ1n) is 8.93. The fourth-order valence-corrected chi connectivity index (χ4v) is 2.82. The number of benzene rings is 2. The number of aromatic nitrogens is 2. The van der Waals surface area contributed by atoms with E-state index in [1.54, 1.807) is 30.3 Å². The van der Waals surface area contributed by atoms with Gasteiger partial charge in [0.2, 0.25) is 5.91 Å². The molecule has 3 aromatic rings. The molecule has 0 aliphatic carbocycles. The van der Waals surface area contributed by atoms with Crippen LogP contribution in [0.3, 0.4) is 0 Å². The van der Waals surface area contributed by atoms with Crippen LogP contribution in [0.5, 0.6) is 0 Å². The number of carbonyl (C=O) groups is 2.